The number of piperazine rings is 1. The smallest absolute Gasteiger partial charge is 0.225 e. The summed E-state index contributed by atoms with van der Waals surface area (Å²) < 4.78 is 0. The molecule has 0 atom stereocenters. The van der Waals surface area contributed by atoms with Gasteiger partial charge < -0.3 is 15.5 Å². The molecule has 1 aromatic rings. The van der Waals surface area contributed by atoms with Gasteiger partial charge in [-0.05, 0) is 17.7 Å². The van der Waals surface area contributed by atoms with Crippen LogP contribution in [0, 0.1) is 5.92 Å². The van der Waals surface area contributed by atoms with Crippen molar-refractivity contribution in [2.45, 2.75) is 20.0 Å². The largest absolute Gasteiger partial charge is 0.352 e. The van der Waals surface area contributed by atoms with E-state index in [0.717, 1.165) is 52.4 Å². The first-order valence-electron chi connectivity index (χ1n) is 8.76. The van der Waals surface area contributed by atoms with E-state index in [1.165, 1.54) is 11.1 Å². The summed E-state index contributed by atoms with van der Waals surface area (Å²) in [6, 6.07) is 8.49. The second kappa shape index (κ2) is 9.37. The van der Waals surface area contributed by atoms with Gasteiger partial charge in [0.15, 0.2) is 0 Å². The molecule has 134 valence electrons. The van der Waals surface area contributed by atoms with Crippen LogP contribution in [0.25, 0.3) is 0 Å². The molecule has 0 spiro atoms. The summed E-state index contributed by atoms with van der Waals surface area (Å²) in [6.45, 7) is 11.2. The standard InChI is InChI=1S/C18H28N4O.ClH/c1-2-21-7-9-22(10-8-21)14-16-6-4-3-5-15(16)13-20-18(23)17-11-19-12-17;/h3-6,17,19H,2,7-14H2,1H3,(H,20,23);1H. The molecule has 3 rings (SSSR count). The summed E-state index contributed by atoms with van der Waals surface area (Å²) in [7, 11) is 0. The summed E-state index contributed by atoms with van der Waals surface area (Å²) in [4.78, 5) is 17.0. The molecule has 2 heterocycles. The lowest BCUT2D eigenvalue weighted by atomic mass is 10.0. The van der Waals surface area contributed by atoms with Gasteiger partial charge in [0.05, 0.1) is 5.92 Å². The molecule has 0 aromatic heterocycles. The summed E-state index contributed by atoms with van der Waals surface area (Å²) in [5.74, 6) is 0.333. The highest BCUT2D eigenvalue weighted by Gasteiger charge is 2.24. The van der Waals surface area contributed by atoms with Gasteiger partial charge in [0, 0.05) is 52.4 Å². The Balaban J connectivity index is 0.00000208. The average molecular weight is 353 g/mol. The fourth-order valence-electron chi connectivity index (χ4n) is 3.19. The molecular formula is C18H29ClN4O. The van der Waals surface area contributed by atoms with Gasteiger partial charge >= 0.3 is 0 Å². The third-order valence-corrected chi connectivity index (χ3v) is 5.03. The van der Waals surface area contributed by atoms with Gasteiger partial charge in [0.25, 0.3) is 0 Å². The van der Waals surface area contributed by atoms with E-state index < -0.39 is 0 Å². The van der Waals surface area contributed by atoms with Crippen LogP contribution in [0.3, 0.4) is 0 Å². The number of hydrogen-bond acceptors (Lipinski definition) is 4. The minimum atomic E-state index is 0. The molecular weight excluding hydrogens is 324 g/mol. The zero-order chi connectivity index (χ0) is 16.1. The monoisotopic (exact) mass is 352 g/mol. The lowest BCUT2D eigenvalue weighted by molar-refractivity contribution is -0.126. The van der Waals surface area contributed by atoms with E-state index in [0.29, 0.717) is 6.54 Å². The van der Waals surface area contributed by atoms with Gasteiger partial charge in [-0.2, -0.15) is 0 Å². The van der Waals surface area contributed by atoms with Gasteiger partial charge in [0.1, 0.15) is 0 Å². The molecule has 0 aliphatic carbocycles. The lowest BCUT2D eigenvalue weighted by Crippen LogP contribution is -2.50. The van der Waals surface area contributed by atoms with E-state index in [1.807, 2.05) is 0 Å². The van der Waals surface area contributed by atoms with Crippen molar-refractivity contribution in [1.29, 1.82) is 0 Å². The van der Waals surface area contributed by atoms with E-state index in [1.54, 1.807) is 0 Å². The van der Waals surface area contributed by atoms with Crippen molar-refractivity contribution in [3.8, 4) is 0 Å². The molecule has 0 saturated carbocycles. The normalized spacial score (nSPS) is 19.4. The van der Waals surface area contributed by atoms with Gasteiger partial charge in [-0.25, -0.2) is 0 Å². The van der Waals surface area contributed by atoms with Crippen molar-refractivity contribution in [2.24, 2.45) is 5.92 Å². The number of benzene rings is 1. The third-order valence-electron chi connectivity index (χ3n) is 5.03. The van der Waals surface area contributed by atoms with Gasteiger partial charge in [-0.1, -0.05) is 31.2 Å². The minimum Gasteiger partial charge on any atom is -0.352 e. The molecule has 0 bridgehead atoms. The van der Waals surface area contributed by atoms with E-state index >= 15 is 0 Å². The van der Waals surface area contributed by atoms with Crippen molar-refractivity contribution < 1.29 is 4.79 Å². The van der Waals surface area contributed by atoms with Crippen LogP contribution in [-0.2, 0) is 17.9 Å². The molecule has 1 aromatic carbocycles. The number of carbonyl (C=O) groups is 1. The maximum atomic E-state index is 12.0. The fourth-order valence-corrected chi connectivity index (χ4v) is 3.19. The first-order chi connectivity index (χ1) is 11.3. The molecule has 2 fully saturated rings. The molecule has 24 heavy (non-hydrogen) atoms. The van der Waals surface area contributed by atoms with Crippen LogP contribution in [0.5, 0.6) is 0 Å². The van der Waals surface area contributed by atoms with Crippen LogP contribution in [0.2, 0.25) is 0 Å². The number of carbonyl (C=O) groups excluding carboxylic acids is 1. The molecule has 6 heteroatoms. The zero-order valence-electron chi connectivity index (χ0n) is 14.5. The van der Waals surface area contributed by atoms with Gasteiger partial charge in [-0.3, -0.25) is 9.69 Å². The van der Waals surface area contributed by atoms with E-state index in [4.69, 9.17) is 0 Å². The Labute approximate surface area is 151 Å². The topological polar surface area (TPSA) is 47.6 Å². The summed E-state index contributed by atoms with van der Waals surface area (Å²) in [6.07, 6.45) is 0. The first-order valence-corrected chi connectivity index (χ1v) is 8.76. The Kier molecular flexibility index (Phi) is 7.49. The number of halogens is 1. The number of likely N-dealkylation sites (N-methyl/N-ethyl adjacent to an activating group) is 1. The highest BCUT2D eigenvalue weighted by Crippen LogP contribution is 2.14. The lowest BCUT2D eigenvalue weighted by Gasteiger charge is -2.34. The van der Waals surface area contributed by atoms with Gasteiger partial charge in [0.2, 0.25) is 5.91 Å². The maximum Gasteiger partial charge on any atom is 0.225 e. The number of amides is 1. The van der Waals surface area contributed by atoms with E-state index in [-0.39, 0.29) is 24.2 Å². The molecule has 2 aliphatic rings. The second-order valence-electron chi connectivity index (χ2n) is 6.55. The molecule has 2 aliphatic heterocycles. The van der Waals surface area contributed by atoms with Crippen LogP contribution in [0.1, 0.15) is 18.1 Å². The molecule has 0 unspecified atom stereocenters. The minimum absolute atomic E-state index is 0. The van der Waals surface area contributed by atoms with Crippen LogP contribution in [0.15, 0.2) is 24.3 Å². The Morgan fingerprint density at radius 2 is 1.75 bits per heavy atom. The maximum absolute atomic E-state index is 12.0. The summed E-state index contributed by atoms with van der Waals surface area (Å²) in [5, 5.41) is 6.23. The molecule has 2 N–H and O–H groups in total. The number of nitrogens with one attached hydrogen (secondary N) is 2. The SMILES string of the molecule is CCN1CCN(Cc2ccccc2CNC(=O)C2CNC2)CC1.Cl. The molecule has 0 radical (unpaired) electrons. The zero-order valence-corrected chi connectivity index (χ0v) is 15.3. The highest BCUT2D eigenvalue weighted by molar-refractivity contribution is 5.85. The van der Waals surface area contributed by atoms with Crippen molar-refractivity contribution >= 4 is 18.3 Å². The van der Waals surface area contributed by atoms with Crippen LogP contribution in [0.4, 0.5) is 0 Å². The number of rotatable bonds is 6. The average Bonchev–Trinajstić information content (AvgIpc) is 2.53. The number of hydrogen-bond donors (Lipinski definition) is 2. The van der Waals surface area contributed by atoms with Crippen molar-refractivity contribution in [3.63, 3.8) is 0 Å². The Hall–Kier alpha value is -1.14. The Morgan fingerprint density at radius 3 is 2.33 bits per heavy atom. The third kappa shape index (κ3) is 4.93. The van der Waals surface area contributed by atoms with Crippen LogP contribution in [-0.4, -0.2) is 61.5 Å². The molecule has 1 amide bonds. The predicted octanol–water partition coefficient (Wildman–Crippen LogP) is 1.08. The van der Waals surface area contributed by atoms with Crippen molar-refractivity contribution in [3.05, 3.63) is 35.4 Å². The number of nitrogens with zero attached hydrogens (tertiary/aromatic N) is 2. The summed E-state index contributed by atoms with van der Waals surface area (Å²) >= 11 is 0. The highest BCUT2D eigenvalue weighted by atomic mass is 35.5. The fraction of sp³-hybridized carbons (Fsp3) is 0.611. The quantitative estimate of drug-likeness (QED) is 0.804. The molecule has 5 nitrogen and oxygen atoms in total. The van der Waals surface area contributed by atoms with Gasteiger partial charge in [-0.15, -0.1) is 12.4 Å². The predicted molar refractivity (Wildman–Crippen MR) is 99.3 cm³/mol. The van der Waals surface area contributed by atoms with Crippen LogP contribution < -0.4 is 10.6 Å². The Bertz CT molecular complexity index is 528. The Morgan fingerprint density at radius 1 is 1.12 bits per heavy atom. The second-order valence-corrected chi connectivity index (χ2v) is 6.55. The van der Waals surface area contributed by atoms with Crippen molar-refractivity contribution in [1.82, 2.24) is 20.4 Å². The van der Waals surface area contributed by atoms with Crippen LogP contribution >= 0.6 is 12.4 Å². The first kappa shape index (κ1) is 19.2. The van der Waals surface area contributed by atoms with Crippen molar-refractivity contribution in [2.75, 3.05) is 45.8 Å². The summed E-state index contributed by atoms with van der Waals surface area (Å²) in [5.41, 5.74) is 2.58. The molecule has 2 saturated heterocycles. The van der Waals surface area contributed by atoms with E-state index in [2.05, 4.69) is 51.6 Å². The van der Waals surface area contributed by atoms with E-state index in [9.17, 15) is 4.79 Å².